The summed E-state index contributed by atoms with van der Waals surface area (Å²) in [6.45, 7) is 0. The summed E-state index contributed by atoms with van der Waals surface area (Å²) < 4.78 is 75.1. The van der Waals surface area contributed by atoms with Crippen LogP contribution in [-0.4, -0.2) is 22.4 Å². The van der Waals surface area contributed by atoms with Crippen molar-refractivity contribution in [2.45, 2.75) is 23.3 Å². The molecule has 0 fully saturated rings. The largest absolute Gasteiger partial charge is 0.430 e. The highest BCUT2D eigenvalue weighted by Gasteiger charge is 2.71. The van der Waals surface area contributed by atoms with Gasteiger partial charge in [0, 0.05) is 23.3 Å². The Labute approximate surface area is 106 Å². The fraction of sp³-hybridized carbons (Fsp3) is 0.444. The Morgan fingerprint density at radius 3 is 1.94 bits per heavy atom. The lowest BCUT2D eigenvalue weighted by Gasteiger charge is -2.32. The Kier molecular flexibility index (Phi) is 3.97. The molecule has 2 nitrogen and oxygen atoms in total. The fourth-order valence-electron chi connectivity index (χ4n) is 1.25. The summed E-state index contributed by atoms with van der Waals surface area (Å²) in [5.41, 5.74) is -6.20. The molecule has 0 aliphatic rings. The van der Waals surface area contributed by atoms with E-state index in [1.807, 2.05) is 0 Å². The van der Waals surface area contributed by atoms with Crippen molar-refractivity contribution in [1.82, 2.24) is 4.98 Å². The second kappa shape index (κ2) is 4.69. The molecule has 0 radical (unpaired) electrons. The van der Waals surface area contributed by atoms with Crippen LogP contribution in [0.15, 0.2) is 18.5 Å². The smallest absolute Gasteiger partial charge is 0.369 e. The minimum absolute atomic E-state index is 0.0135. The van der Waals surface area contributed by atoms with E-state index in [9.17, 15) is 26.3 Å². The van der Waals surface area contributed by atoms with Gasteiger partial charge in [-0.2, -0.15) is 26.3 Å². The number of pyridine rings is 1. The SMILES string of the molecule is OC(c1cncc(CBr)c1)(C(F)(F)F)C(F)(F)F. The summed E-state index contributed by atoms with van der Waals surface area (Å²) in [7, 11) is 0. The van der Waals surface area contributed by atoms with Gasteiger partial charge in [-0.25, -0.2) is 0 Å². The van der Waals surface area contributed by atoms with E-state index in [0.717, 1.165) is 6.20 Å². The number of rotatable bonds is 2. The number of hydrogen-bond donors (Lipinski definition) is 1. The molecule has 1 heterocycles. The Hall–Kier alpha value is -0.830. The first-order valence-electron chi connectivity index (χ1n) is 4.40. The van der Waals surface area contributed by atoms with Crippen molar-refractivity contribution in [2.75, 3.05) is 0 Å². The fourth-order valence-corrected chi connectivity index (χ4v) is 1.55. The molecule has 1 aromatic heterocycles. The summed E-state index contributed by atoms with van der Waals surface area (Å²) in [4.78, 5) is 3.26. The van der Waals surface area contributed by atoms with E-state index in [-0.39, 0.29) is 10.9 Å². The Balaban J connectivity index is 3.45. The van der Waals surface area contributed by atoms with Crippen LogP contribution in [0, 0.1) is 0 Å². The van der Waals surface area contributed by atoms with Crippen molar-refractivity contribution in [3.8, 4) is 0 Å². The third-order valence-electron chi connectivity index (χ3n) is 2.19. The zero-order valence-corrected chi connectivity index (χ0v) is 10.1. The molecule has 0 aliphatic carbocycles. The summed E-state index contributed by atoms with van der Waals surface area (Å²) in [5, 5.41) is 9.08. The maximum atomic E-state index is 12.5. The maximum Gasteiger partial charge on any atom is 0.430 e. The average Bonchev–Trinajstić information content (AvgIpc) is 2.25. The second-order valence-corrected chi connectivity index (χ2v) is 3.98. The highest BCUT2D eigenvalue weighted by atomic mass is 79.9. The number of nitrogens with zero attached hydrogens (tertiary/aromatic N) is 1. The van der Waals surface area contributed by atoms with E-state index in [2.05, 4.69) is 20.9 Å². The van der Waals surface area contributed by atoms with Crippen molar-refractivity contribution in [3.63, 3.8) is 0 Å². The van der Waals surface area contributed by atoms with E-state index in [1.54, 1.807) is 0 Å². The van der Waals surface area contributed by atoms with E-state index in [0.29, 0.717) is 12.3 Å². The summed E-state index contributed by atoms with van der Waals surface area (Å²) in [6, 6.07) is 0.600. The number of aromatic nitrogens is 1. The molecule has 0 bridgehead atoms. The quantitative estimate of drug-likeness (QED) is 0.663. The van der Waals surface area contributed by atoms with Gasteiger partial charge in [-0.3, -0.25) is 4.98 Å². The van der Waals surface area contributed by atoms with E-state index in [1.165, 1.54) is 0 Å². The van der Waals surface area contributed by atoms with Crippen molar-refractivity contribution >= 4 is 15.9 Å². The molecule has 1 rings (SSSR count). The minimum atomic E-state index is -5.89. The molecule has 9 heteroatoms. The number of halogens is 7. The van der Waals surface area contributed by atoms with Crippen LogP contribution in [0.25, 0.3) is 0 Å². The molecule has 0 saturated heterocycles. The Morgan fingerprint density at radius 1 is 1.06 bits per heavy atom. The lowest BCUT2D eigenvalue weighted by atomic mass is 9.93. The number of hydrogen-bond acceptors (Lipinski definition) is 2. The summed E-state index contributed by atoms with van der Waals surface area (Å²) >= 11 is 2.88. The molecule has 0 aliphatic heterocycles. The van der Waals surface area contributed by atoms with Gasteiger partial charge in [-0.05, 0) is 11.6 Å². The van der Waals surface area contributed by atoms with Crippen molar-refractivity contribution in [3.05, 3.63) is 29.6 Å². The third kappa shape index (κ3) is 2.46. The van der Waals surface area contributed by atoms with Gasteiger partial charge in [-0.1, -0.05) is 15.9 Å². The minimum Gasteiger partial charge on any atom is -0.369 e. The molecule has 102 valence electrons. The van der Waals surface area contributed by atoms with Crippen LogP contribution < -0.4 is 0 Å². The van der Waals surface area contributed by atoms with Gasteiger partial charge in [0.25, 0.3) is 5.60 Å². The van der Waals surface area contributed by atoms with Crippen molar-refractivity contribution in [2.24, 2.45) is 0 Å². The summed E-state index contributed by atoms with van der Waals surface area (Å²) in [6.07, 6.45) is -10.4. The molecule has 0 spiro atoms. The zero-order valence-electron chi connectivity index (χ0n) is 8.48. The second-order valence-electron chi connectivity index (χ2n) is 3.42. The van der Waals surface area contributed by atoms with Crippen molar-refractivity contribution in [1.29, 1.82) is 0 Å². The van der Waals surface area contributed by atoms with Crippen LogP contribution in [0.1, 0.15) is 11.1 Å². The average molecular weight is 338 g/mol. The lowest BCUT2D eigenvalue weighted by Crippen LogP contribution is -2.54. The predicted molar refractivity (Wildman–Crippen MR) is 52.9 cm³/mol. The van der Waals surface area contributed by atoms with Gasteiger partial charge in [0.15, 0.2) is 0 Å². The van der Waals surface area contributed by atoms with Gasteiger partial charge < -0.3 is 5.11 Å². The number of alkyl halides is 7. The molecule has 0 saturated carbocycles. The molecule has 0 amide bonds. The maximum absolute atomic E-state index is 12.5. The molecule has 0 aromatic carbocycles. The van der Waals surface area contributed by atoms with E-state index in [4.69, 9.17) is 5.11 Å². The van der Waals surface area contributed by atoms with Crippen molar-refractivity contribution < 1.29 is 31.4 Å². The zero-order chi connectivity index (χ0) is 14.2. The predicted octanol–water partition coefficient (Wildman–Crippen LogP) is 3.29. The van der Waals surface area contributed by atoms with Gasteiger partial charge in [0.1, 0.15) is 0 Å². The van der Waals surface area contributed by atoms with Gasteiger partial charge in [0.05, 0.1) is 0 Å². The standard InChI is InChI=1S/C9H6BrF6NO/c10-2-5-1-6(4-17-3-5)7(18,8(11,12)13)9(14,15)16/h1,3-4,18H,2H2. The normalized spacial score (nSPS) is 13.8. The van der Waals surface area contributed by atoms with Gasteiger partial charge in [0.2, 0.25) is 0 Å². The molecule has 0 unspecified atom stereocenters. The molecule has 18 heavy (non-hydrogen) atoms. The van der Waals surface area contributed by atoms with Crippen LogP contribution in [0.4, 0.5) is 26.3 Å². The topological polar surface area (TPSA) is 33.1 Å². The highest BCUT2D eigenvalue weighted by Crippen LogP contribution is 2.49. The van der Waals surface area contributed by atoms with Gasteiger partial charge in [-0.15, -0.1) is 0 Å². The molecule has 1 N–H and O–H groups in total. The first kappa shape index (κ1) is 15.2. The third-order valence-corrected chi connectivity index (χ3v) is 2.83. The molecule has 0 atom stereocenters. The summed E-state index contributed by atoms with van der Waals surface area (Å²) in [5.74, 6) is 0. The molecular formula is C9H6BrF6NO. The first-order chi connectivity index (χ1) is 8.04. The lowest BCUT2D eigenvalue weighted by molar-refractivity contribution is -0.376. The highest BCUT2D eigenvalue weighted by molar-refractivity contribution is 9.08. The van der Waals surface area contributed by atoms with Crippen LogP contribution >= 0.6 is 15.9 Å². The monoisotopic (exact) mass is 337 g/mol. The Morgan fingerprint density at radius 2 is 1.56 bits per heavy atom. The first-order valence-corrected chi connectivity index (χ1v) is 5.52. The van der Waals surface area contributed by atoms with Crippen LogP contribution in [0.3, 0.4) is 0 Å². The van der Waals surface area contributed by atoms with E-state index < -0.39 is 23.5 Å². The van der Waals surface area contributed by atoms with Gasteiger partial charge >= 0.3 is 12.4 Å². The number of aliphatic hydroxyl groups is 1. The Bertz CT molecular complexity index is 416. The molecular weight excluding hydrogens is 332 g/mol. The van der Waals surface area contributed by atoms with Crippen LogP contribution in [-0.2, 0) is 10.9 Å². The molecule has 1 aromatic rings. The van der Waals surface area contributed by atoms with E-state index >= 15 is 0 Å². The van der Waals surface area contributed by atoms with Crippen LogP contribution in [0.5, 0.6) is 0 Å². The van der Waals surface area contributed by atoms with Crippen LogP contribution in [0.2, 0.25) is 0 Å².